The number of fused-ring (bicyclic) bond motifs is 2. The average Bonchev–Trinajstić information content (AvgIpc) is 2.87. The average molecular weight is 482 g/mol. The van der Waals surface area contributed by atoms with Gasteiger partial charge in [0, 0.05) is 19.5 Å². The predicted octanol–water partition coefficient (Wildman–Crippen LogP) is 4.85. The predicted molar refractivity (Wildman–Crippen MR) is 127 cm³/mol. The van der Waals surface area contributed by atoms with Crippen molar-refractivity contribution in [3.63, 3.8) is 0 Å². The van der Waals surface area contributed by atoms with Crippen molar-refractivity contribution < 1.29 is 28.1 Å². The summed E-state index contributed by atoms with van der Waals surface area (Å²) in [5, 5.41) is 11.0. The third-order valence-corrected chi connectivity index (χ3v) is 6.50. The van der Waals surface area contributed by atoms with E-state index in [9.17, 15) is 13.9 Å². The molecule has 5 rings (SSSR count). The van der Waals surface area contributed by atoms with Gasteiger partial charge < -0.3 is 19.3 Å². The van der Waals surface area contributed by atoms with E-state index in [1.807, 2.05) is 35.2 Å². The van der Waals surface area contributed by atoms with E-state index in [0.717, 1.165) is 16.7 Å². The van der Waals surface area contributed by atoms with E-state index in [4.69, 9.17) is 14.2 Å². The number of hydrogen-bond acceptors (Lipinski definition) is 5. The molecule has 0 saturated carbocycles. The van der Waals surface area contributed by atoms with Crippen molar-refractivity contribution >= 4 is 0 Å². The van der Waals surface area contributed by atoms with E-state index in [-0.39, 0.29) is 24.5 Å². The number of aliphatic hydroxyl groups is 1. The summed E-state index contributed by atoms with van der Waals surface area (Å²) >= 11 is 0. The zero-order chi connectivity index (χ0) is 24.2. The smallest absolute Gasteiger partial charge is 0.201 e. The molecule has 0 saturated heterocycles. The second kappa shape index (κ2) is 10.7. The van der Waals surface area contributed by atoms with Gasteiger partial charge in [-0.1, -0.05) is 30.3 Å². The van der Waals surface area contributed by atoms with Crippen molar-refractivity contribution in [2.45, 2.75) is 50.7 Å². The zero-order valence-corrected chi connectivity index (χ0v) is 19.4. The number of rotatable bonds is 8. The Morgan fingerprint density at radius 2 is 1.54 bits per heavy atom. The first-order chi connectivity index (χ1) is 17.0. The third-order valence-electron chi connectivity index (χ3n) is 6.50. The molecule has 3 aromatic carbocycles. The molecule has 0 aliphatic carbocycles. The van der Waals surface area contributed by atoms with Crippen LogP contribution < -0.4 is 9.47 Å². The van der Waals surface area contributed by atoms with Gasteiger partial charge >= 0.3 is 0 Å². The van der Waals surface area contributed by atoms with Gasteiger partial charge in [0.05, 0.1) is 0 Å². The van der Waals surface area contributed by atoms with Crippen molar-refractivity contribution in [3.05, 3.63) is 95.1 Å². The van der Waals surface area contributed by atoms with Crippen molar-refractivity contribution in [2.24, 2.45) is 0 Å². The first-order valence-electron chi connectivity index (χ1n) is 12.0. The molecule has 3 unspecified atom stereocenters. The van der Waals surface area contributed by atoms with Crippen LogP contribution in [-0.2, 0) is 24.1 Å². The maximum atomic E-state index is 13.5. The highest BCUT2D eigenvalue weighted by Crippen LogP contribution is 2.30. The summed E-state index contributed by atoms with van der Waals surface area (Å²) in [4.78, 5) is 2.02. The van der Waals surface area contributed by atoms with Crippen LogP contribution in [0.5, 0.6) is 11.5 Å². The van der Waals surface area contributed by atoms with Crippen LogP contribution in [0.25, 0.3) is 0 Å². The maximum Gasteiger partial charge on any atom is 0.201 e. The Balaban J connectivity index is 1.22. The fourth-order valence-corrected chi connectivity index (χ4v) is 4.67. The number of benzene rings is 3. The van der Waals surface area contributed by atoms with Gasteiger partial charge in [0.2, 0.25) is 6.29 Å². The van der Waals surface area contributed by atoms with Gasteiger partial charge in [-0.2, -0.15) is 0 Å². The second-order valence-corrected chi connectivity index (χ2v) is 9.15. The molecule has 0 spiro atoms. The minimum Gasteiger partial charge on any atom is -0.487 e. The first-order valence-corrected chi connectivity index (χ1v) is 12.0. The molecule has 3 aromatic rings. The number of nitrogens with zero attached hydrogens (tertiary/aromatic N) is 1. The Morgan fingerprint density at radius 3 is 2.26 bits per heavy atom. The molecule has 184 valence electrons. The third kappa shape index (κ3) is 5.99. The summed E-state index contributed by atoms with van der Waals surface area (Å²) in [6, 6.07) is 19.0. The van der Waals surface area contributed by atoms with E-state index in [1.165, 1.54) is 24.3 Å². The Kier molecular flexibility index (Phi) is 7.27. The van der Waals surface area contributed by atoms with Crippen LogP contribution in [0.3, 0.4) is 0 Å². The molecule has 7 heteroatoms. The van der Waals surface area contributed by atoms with E-state index >= 15 is 0 Å². The summed E-state index contributed by atoms with van der Waals surface area (Å²) < 4.78 is 45.0. The van der Waals surface area contributed by atoms with E-state index in [1.54, 1.807) is 12.1 Å². The van der Waals surface area contributed by atoms with E-state index in [2.05, 4.69) is 0 Å². The van der Waals surface area contributed by atoms with Crippen molar-refractivity contribution in [1.82, 2.24) is 4.90 Å². The SMILES string of the molecule is OC(CN(COC1CCc2cc(F)ccc2O1)Cc1ccccc1)C1CCc2cc(F)ccc2O1. The second-order valence-electron chi connectivity index (χ2n) is 9.15. The lowest BCUT2D eigenvalue weighted by Gasteiger charge is -2.34. The molecule has 3 atom stereocenters. The Hall–Kier alpha value is -3.00. The molecular weight excluding hydrogens is 452 g/mol. The monoisotopic (exact) mass is 481 g/mol. The van der Waals surface area contributed by atoms with Crippen molar-refractivity contribution in [3.8, 4) is 11.5 Å². The normalized spacial score (nSPS) is 19.9. The Morgan fingerprint density at radius 1 is 0.886 bits per heavy atom. The largest absolute Gasteiger partial charge is 0.487 e. The van der Waals surface area contributed by atoms with Gasteiger partial charge in [-0.15, -0.1) is 0 Å². The lowest BCUT2D eigenvalue weighted by atomic mass is 9.98. The van der Waals surface area contributed by atoms with Crippen LogP contribution in [0.4, 0.5) is 8.78 Å². The minimum atomic E-state index is -0.753. The highest BCUT2D eigenvalue weighted by atomic mass is 19.1. The summed E-state index contributed by atoms with van der Waals surface area (Å²) in [6.45, 7) is 1.17. The van der Waals surface area contributed by atoms with E-state index in [0.29, 0.717) is 50.3 Å². The Labute approximate surface area is 203 Å². The number of hydrogen-bond donors (Lipinski definition) is 1. The summed E-state index contributed by atoms with van der Waals surface area (Å²) in [6.07, 6.45) is 0.967. The van der Waals surface area contributed by atoms with Gasteiger partial charge in [0.1, 0.15) is 42.1 Å². The lowest BCUT2D eigenvalue weighted by Crippen LogP contribution is -2.44. The first kappa shape index (κ1) is 23.7. The van der Waals surface area contributed by atoms with Gasteiger partial charge in [-0.3, -0.25) is 4.90 Å². The minimum absolute atomic E-state index is 0.252. The fourth-order valence-electron chi connectivity index (χ4n) is 4.67. The van der Waals surface area contributed by atoms with Crippen molar-refractivity contribution in [1.29, 1.82) is 0 Å². The lowest BCUT2D eigenvalue weighted by molar-refractivity contribution is -0.135. The van der Waals surface area contributed by atoms with E-state index < -0.39 is 12.4 Å². The van der Waals surface area contributed by atoms with Crippen LogP contribution >= 0.6 is 0 Å². The zero-order valence-electron chi connectivity index (χ0n) is 19.4. The topological polar surface area (TPSA) is 51.2 Å². The van der Waals surface area contributed by atoms with Crippen LogP contribution in [0.15, 0.2) is 66.7 Å². The number of aryl methyl sites for hydroxylation is 2. The van der Waals surface area contributed by atoms with Crippen LogP contribution in [0, 0.1) is 11.6 Å². The maximum absolute atomic E-state index is 13.5. The quantitative estimate of drug-likeness (QED) is 0.467. The van der Waals surface area contributed by atoms with Gasteiger partial charge in [-0.25, -0.2) is 8.78 Å². The molecule has 0 bridgehead atoms. The highest BCUT2D eigenvalue weighted by molar-refractivity contribution is 5.36. The standard InChI is InChI=1S/C28H29F2NO4/c29-22-8-11-25-20(14-22)6-10-27(34-25)24(32)17-31(16-19-4-2-1-3-5-19)18-33-28-13-7-21-15-23(30)9-12-26(21)35-28/h1-5,8-9,11-12,14-15,24,27-28,32H,6-7,10,13,16-18H2. The highest BCUT2D eigenvalue weighted by Gasteiger charge is 2.29. The van der Waals surface area contributed by atoms with Crippen molar-refractivity contribution in [2.75, 3.05) is 13.3 Å². The Bertz CT molecular complexity index is 1140. The molecule has 1 N–H and O–H groups in total. The summed E-state index contributed by atoms with van der Waals surface area (Å²) in [5.41, 5.74) is 2.77. The number of halogens is 2. The molecule has 2 aliphatic heterocycles. The summed E-state index contributed by atoms with van der Waals surface area (Å²) in [5.74, 6) is 0.712. The molecule has 5 nitrogen and oxygen atoms in total. The molecular formula is C28H29F2NO4. The van der Waals surface area contributed by atoms with Gasteiger partial charge in [0.25, 0.3) is 0 Å². The molecule has 0 aromatic heterocycles. The molecule has 0 amide bonds. The number of aliphatic hydroxyl groups excluding tert-OH is 1. The van der Waals surface area contributed by atoms with Crippen LogP contribution in [0.2, 0.25) is 0 Å². The molecule has 2 aliphatic rings. The molecule has 2 heterocycles. The molecule has 0 radical (unpaired) electrons. The number of ether oxygens (including phenoxy) is 3. The molecule has 0 fully saturated rings. The van der Waals surface area contributed by atoms with Gasteiger partial charge in [0.15, 0.2) is 0 Å². The van der Waals surface area contributed by atoms with Crippen LogP contribution in [0.1, 0.15) is 29.5 Å². The molecule has 35 heavy (non-hydrogen) atoms. The summed E-state index contributed by atoms with van der Waals surface area (Å²) in [7, 11) is 0. The van der Waals surface area contributed by atoms with Gasteiger partial charge in [-0.05, 0) is 72.4 Å². The van der Waals surface area contributed by atoms with Crippen LogP contribution in [-0.4, -0.2) is 41.8 Å². The fraction of sp³-hybridized carbons (Fsp3) is 0.357.